The van der Waals surface area contributed by atoms with Gasteiger partial charge in [0.2, 0.25) is 11.8 Å². The van der Waals surface area contributed by atoms with E-state index in [2.05, 4.69) is 51.0 Å². The average molecular weight is 889 g/mol. The van der Waals surface area contributed by atoms with Crippen LogP contribution in [0.4, 0.5) is 0 Å². The molecule has 2 N–H and O–H groups in total. The maximum Gasteiger partial charge on any atom is 0.245 e. The van der Waals surface area contributed by atoms with Gasteiger partial charge in [0.1, 0.15) is 48.4 Å². The Kier molecular flexibility index (Phi) is 11.4. The lowest BCUT2D eigenvalue weighted by atomic mass is 9.87. The molecule has 3 fully saturated rings. The molecule has 3 saturated heterocycles. The quantitative estimate of drug-likeness (QED) is 0.107. The molecule has 14 nitrogen and oxygen atoms in total. The number of amides is 2. The van der Waals surface area contributed by atoms with E-state index in [0.29, 0.717) is 45.9 Å². The number of carbonyl (C=O) groups excluding carboxylic acids is 2. The van der Waals surface area contributed by atoms with Crippen molar-refractivity contribution in [2.75, 3.05) is 53.5 Å². The number of H-pyrrole nitrogens is 2. The van der Waals surface area contributed by atoms with Crippen LogP contribution in [0.3, 0.4) is 0 Å². The van der Waals surface area contributed by atoms with E-state index >= 15 is 0 Å². The van der Waals surface area contributed by atoms with E-state index in [1.54, 1.807) is 14.2 Å². The Morgan fingerprint density at radius 1 is 0.758 bits per heavy atom. The average Bonchev–Trinajstić information content (AvgIpc) is 4.12. The summed E-state index contributed by atoms with van der Waals surface area (Å²) < 4.78 is 24.2. The molecule has 0 bridgehead atoms. The predicted molar refractivity (Wildman–Crippen MR) is 248 cm³/mol. The second-order valence-electron chi connectivity index (χ2n) is 18.2. The number of carbonyl (C=O) groups is 2. The minimum atomic E-state index is -0.385. The molecule has 5 aliphatic heterocycles. The summed E-state index contributed by atoms with van der Waals surface area (Å²) in [6, 6.07) is 27.7. The number of hydrogen-bond acceptors (Lipinski definition) is 10. The van der Waals surface area contributed by atoms with Crippen LogP contribution < -0.4 is 9.47 Å². The van der Waals surface area contributed by atoms with E-state index in [1.807, 2.05) is 82.9 Å². The molecule has 66 heavy (non-hydrogen) atoms. The van der Waals surface area contributed by atoms with Crippen LogP contribution in [0.1, 0.15) is 78.2 Å². The van der Waals surface area contributed by atoms with Gasteiger partial charge in [-0.05, 0) is 54.7 Å². The van der Waals surface area contributed by atoms with Crippen LogP contribution >= 0.6 is 0 Å². The van der Waals surface area contributed by atoms with Crippen molar-refractivity contribution in [2.45, 2.75) is 76.3 Å². The maximum atomic E-state index is 14.4. The van der Waals surface area contributed by atoms with Crippen LogP contribution in [0.15, 0.2) is 97.3 Å². The lowest BCUT2D eigenvalue weighted by Crippen LogP contribution is -2.56. The maximum absolute atomic E-state index is 14.4. The summed E-state index contributed by atoms with van der Waals surface area (Å²) in [6.45, 7) is 7.42. The molecule has 7 heterocycles. The highest BCUT2D eigenvalue weighted by Gasteiger charge is 2.43. The number of benzene rings is 4. The number of hydrogen-bond donors (Lipinski definition) is 2. The summed E-state index contributed by atoms with van der Waals surface area (Å²) in [5.41, 5.74) is 9.80. The highest BCUT2D eigenvalue weighted by Crippen LogP contribution is 2.51. The van der Waals surface area contributed by atoms with Gasteiger partial charge in [-0.15, -0.1) is 0 Å². The van der Waals surface area contributed by atoms with Crippen LogP contribution in [-0.2, 0) is 38.8 Å². The van der Waals surface area contributed by atoms with E-state index in [-0.39, 0.29) is 42.1 Å². The monoisotopic (exact) mass is 888 g/mol. The number of ether oxygens (including phenoxy) is 4. The molecular weight excluding hydrogens is 833 g/mol. The van der Waals surface area contributed by atoms with E-state index in [0.717, 1.165) is 111 Å². The Bertz CT molecular complexity index is 2680. The third-order valence-electron chi connectivity index (χ3n) is 14.1. The van der Waals surface area contributed by atoms with Crippen LogP contribution in [0.2, 0.25) is 0 Å². The summed E-state index contributed by atoms with van der Waals surface area (Å²) in [5, 5.41) is 0. The molecule has 2 aromatic heterocycles. The minimum Gasteiger partial charge on any atom is -0.488 e. The van der Waals surface area contributed by atoms with E-state index in [1.165, 1.54) is 0 Å². The summed E-state index contributed by atoms with van der Waals surface area (Å²) >= 11 is 0. The Labute approximate surface area is 384 Å². The molecular formula is C52H56N8O6. The van der Waals surface area contributed by atoms with Gasteiger partial charge >= 0.3 is 0 Å². The molecule has 0 saturated carbocycles. The van der Waals surface area contributed by atoms with Gasteiger partial charge in [0.05, 0.1) is 48.6 Å². The van der Waals surface area contributed by atoms with Gasteiger partial charge in [-0.2, -0.15) is 0 Å². The van der Waals surface area contributed by atoms with Crippen molar-refractivity contribution < 1.29 is 28.5 Å². The molecule has 11 rings (SSSR count). The van der Waals surface area contributed by atoms with E-state index in [9.17, 15) is 9.59 Å². The lowest BCUT2D eigenvalue weighted by molar-refractivity contribution is -0.145. The number of likely N-dealkylation sites (tertiary alicyclic amines) is 3. The molecule has 5 aliphatic rings. The third-order valence-corrected chi connectivity index (χ3v) is 14.1. The van der Waals surface area contributed by atoms with Gasteiger partial charge in [0.15, 0.2) is 0 Å². The fraction of sp³-hybridized carbons (Fsp3) is 0.385. The second-order valence-corrected chi connectivity index (χ2v) is 18.2. The van der Waals surface area contributed by atoms with Gasteiger partial charge in [0, 0.05) is 86.9 Å². The minimum absolute atomic E-state index is 0.0636. The van der Waals surface area contributed by atoms with Gasteiger partial charge in [-0.25, -0.2) is 9.97 Å². The van der Waals surface area contributed by atoms with Gasteiger partial charge < -0.3 is 38.7 Å². The fourth-order valence-corrected chi connectivity index (χ4v) is 10.5. The zero-order valence-electron chi connectivity index (χ0n) is 37.7. The van der Waals surface area contributed by atoms with Crippen LogP contribution in [0.5, 0.6) is 11.5 Å². The number of rotatable bonds is 15. The molecule has 14 heteroatoms. The van der Waals surface area contributed by atoms with Crippen molar-refractivity contribution in [3.63, 3.8) is 0 Å². The number of aromatic amines is 2. The highest BCUT2D eigenvalue weighted by atomic mass is 16.5. The Hall–Kier alpha value is -6.32. The molecule has 340 valence electrons. The zero-order chi connectivity index (χ0) is 44.9. The Morgan fingerprint density at radius 2 is 1.32 bits per heavy atom. The van der Waals surface area contributed by atoms with Crippen LogP contribution in [0, 0.1) is 0 Å². The number of nitrogens with one attached hydrogen (secondary N) is 2. The number of imidazole rings is 2. The number of aromatic nitrogens is 4. The second kappa shape index (κ2) is 17.8. The van der Waals surface area contributed by atoms with Crippen molar-refractivity contribution >= 4 is 11.8 Å². The molecule has 0 aliphatic carbocycles. The first-order valence-electron chi connectivity index (χ1n) is 23.3. The zero-order valence-corrected chi connectivity index (χ0v) is 37.7. The molecule has 2 amide bonds. The van der Waals surface area contributed by atoms with Crippen molar-refractivity contribution in [3.8, 4) is 45.1 Å². The summed E-state index contributed by atoms with van der Waals surface area (Å²) in [6.07, 6.45) is 6.57. The highest BCUT2D eigenvalue weighted by molar-refractivity contribution is 5.89. The molecule has 6 aromatic rings. The molecule has 3 atom stereocenters. The molecule has 4 aromatic carbocycles. The van der Waals surface area contributed by atoms with Crippen molar-refractivity contribution in [1.29, 1.82) is 0 Å². The largest absolute Gasteiger partial charge is 0.488 e. The van der Waals surface area contributed by atoms with Crippen LogP contribution in [0.25, 0.3) is 33.6 Å². The predicted octanol–water partition coefficient (Wildman–Crippen LogP) is 7.46. The number of methoxy groups -OCH3 is 2. The molecule has 1 unspecified atom stereocenters. The SMILES string of the molecule is CCCN(Cc1ncc(-c2cc3c4c(c2)OCc2cc(-c5cnc([C@@H]6CCCN6C(=O)[C@@H](c6ccccc6)N6CC(OC)C6)[nH]5)cc(c2-4)OC3)[nH]1)C(=O)C(c1ccccc1)N1CC(OC)C1. The van der Waals surface area contributed by atoms with Gasteiger partial charge in [-0.3, -0.25) is 19.4 Å². The van der Waals surface area contributed by atoms with Crippen molar-refractivity contribution in [3.05, 3.63) is 131 Å². The Morgan fingerprint density at radius 3 is 1.91 bits per heavy atom. The van der Waals surface area contributed by atoms with Gasteiger partial charge in [-0.1, -0.05) is 67.6 Å². The molecule has 0 radical (unpaired) electrons. The summed E-state index contributed by atoms with van der Waals surface area (Å²) in [4.78, 5) is 53.9. The third kappa shape index (κ3) is 7.74. The van der Waals surface area contributed by atoms with E-state index in [4.69, 9.17) is 28.9 Å². The van der Waals surface area contributed by atoms with E-state index < -0.39 is 0 Å². The number of nitrogens with zero attached hydrogens (tertiary/aromatic N) is 6. The smallest absolute Gasteiger partial charge is 0.245 e. The molecule has 0 spiro atoms. The topological polar surface area (TPSA) is 141 Å². The fourth-order valence-electron chi connectivity index (χ4n) is 10.5. The van der Waals surface area contributed by atoms with Crippen LogP contribution in [-0.4, -0.2) is 117 Å². The summed E-state index contributed by atoms with van der Waals surface area (Å²) in [5.74, 6) is 3.30. The normalized spacial score (nSPS) is 19.0. The first-order chi connectivity index (χ1) is 32.4. The Balaban J connectivity index is 0.811. The van der Waals surface area contributed by atoms with Crippen molar-refractivity contribution in [1.82, 2.24) is 39.5 Å². The van der Waals surface area contributed by atoms with Gasteiger partial charge in [0.25, 0.3) is 0 Å². The standard InChI is InChI=1S/C52H56N8O6/c1-4-17-57(51(61)48(32-12-7-5-8-13-32)58-25-38(26-58)63-2)29-45-53-23-40(55-45)34-19-36-30-66-44-22-35(20-37-31-65-43(21-34)46(36)47(37)44)41-24-54-50(56-41)42-16-11-18-60(42)52(62)49(33-14-9-6-10-15-33)59-27-39(28-59)64-3/h5-10,12-15,19-24,38-39,42,48-49H,4,11,16-18,25-31H2,1-3H3,(H,53,55)(H,54,56)/t42-,48?,49+/m0/s1. The summed E-state index contributed by atoms with van der Waals surface area (Å²) in [7, 11) is 3.46. The lowest BCUT2D eigenvalue weighted by Gasteiger charge is -2.44. The first kappa shape index (κ1) is 42.3. The van der Waals surface area contributed by atoms with Crippen molar-refractivity contribution in [2.24, 2.45) is 0 Å². The first-order valence-corrected chi connectivity index (χ1v) is 23.3.